The van der Waals surface area contributed by atoms with Crippen LogP contribution in [0.1, 0.15) is 28.7 Å². The summed E-state index contributed by atoms with van der Waals surface area (Å²) < 4.78 is 0. The molecule has 0 saturated carbocycles. The molecule has 16 heavy (non-hydrogen) atoms. The highest BCUT2D eigenvalue weighted by atomic mass is 16.1. The van der Waals surface area contributed by atoms with Crippen molar-refractivity contribution in [3.63, 3.8) is 0 Å². The van der Waals surface area contributed by atoms with E-state index in [1.54, 1.807) is 0 Å². The molecular weight excluding hydrogens is 198 g/mol. The number of carbonyl (C=O) groups is 1. The average Bonchev–Trinajstić information content (AvgIpc) is 2.57. The Bertz CT molecular complexity index is 449. The van der Waals surface area contributed by atoms with Gasteiger partial charge in [-0.15, -0.1) is 0 Å². The van der Waals surface area contributed by atoms with Crippen LogP contribution in [-0.4, -0.2) is 12.5 Å². The third kappa shape index (κ3) is 2.01. The lowest BCUT2D eigenvalue weighted by Gasteiger charge is -2.07. The molecule has 0 atom stereocenters. The topological polar surface area (TPSA) is 29.1 Å². The van der Waals surface area contributed by atoms with Gasteiger partial charge in [-0.25, -0.2) is 0 Å². The normalized spacial score (nSPS) is 17.9. The lowest BCUT2D eigenvalue weighted by molar-refractivity contribution is -0.116. The van der Waals surface area contributed by atoms with Gasteiger partial charge in [0, 0.05) is 12.1 Å². The summed E-state index contributed by atoms with van der Waals surface area (Å²) in [4.78, 5) is 11.5. The largest absolute Gasteiger partial charge is 0.352 e. The third-order valence-electron chi connectivity index (χ3n) is 3.03. The first kappa shape index (κ1) is 10.9. The quantitative estimate of drug-likeness (QED) is 0.716. The van der Waals surface area contributed by atoms with Crippen molar-refractivity contribution in [3.8, 4) is 0 Å². The van der Waals surface area contributed by atoms with E-state index in [0.717, 1.165) is 18.5 Å². The molecule has 84 valence electrons. The van der Waals surface area contributed by atoms with Crippen LogP contribution in [0.5, 0.6) is 0 Å². The number of hydrogen-bond acceptors (Lipinski definition) is 1. The lowest BCUT2D eigenvalue weighted by Crippen LogP contribution is -2.14. The second kappa shape index (κ2) is 4.12. The van der Waals surface area contributed by atoms with Crippen LogP contribution in [0.2, 0.25) is 0 Å². The molecule has 2 rings (SSSR count). The summed E-state index contributed by atoms with van der Waals surface area (Å²) in [5.41, 5.74) is 5.84. The molecule has 0 unspecified atom stereocenters. The molecule has 1 amide bonds. The maximum absolute atomic E-state index is 11.5. The average molecular weight is 215 g/mol. The van der Waals surface area contributed by atoms with Crippen LogP contribution in [-0.2, 0) is 4.79 Å². The van der Waals surface area contributed by atoms with Gasteiger partial charge >= 0.3 is 0 Å². The first-order valence-electron chi connectivity index (χ1n) is 5.64. The van der Waals surface area contributed by atoms with Gasteiger partial charge in [0.1, 0.15) is 0 Å². The van der Waals surface area contributed by atoms with E-state index in [0.29, 0.717) is 0 Å². The van der Waals surface area contributed by atoms with E-state index in [2.05, 4.69) is 38.2 Å². The van der Waals surface area contributed by atoms with Crippen LogP contribution in [0, 0.1) is 20.8 Å². The number of aryl methyl sites for hydroxylation is 3. The van der Waals surface area contributed by atoms with Crippen molar-refractivity contribution in [1.82, 2.24) is 5.32 Å². The predicted octanol–water partition coefficient (Wildman–Crippen LogP) is 2.52. The Labute approximate surface area is 96.4 Å². The third-order valence-corrected chi connectivity index (χ3v) is 3.03. The molecule has 0 radical (unpaired) electrons. The maximum atomic E-state index is 11.5. The zero-order chi connectivity index (χ0) is 11.7. The van der Waals surface area contributed by atoms with Crippen molar-refractivity contribution < 1.29 is 4.79 Å². The van der Waals surface area contributed by atoms with Gasteiger partial charge in [-0.3, -0.25) is 4.79 Å². The van der Waals surface area contributed by atoms with E-state index in [1.165, 1.54) is 22.3 Å². The highest BCUT2D eigenvalue weighted by Gasteiger charge is 2.16. The number of benzene rings is 1. The van der Waals surface area contributed by atoms with E-state index in [9.17, 15) is 4.79 Å². The van der Waals surface area contributed by atoms with E-state index >= 15 is 0 Å². The molecular formula is C14H17NO. The molecule has 2 nitrogen and oxygen atoms in total. The van der Waals surface area contributed by atoms with Crippen LogP contribution in [0.4, 0.5) is 0 Å². The van der Waals surface area contributed by atoms with Gasteiger partial charge in [0.05, 0.1) is 0 Å². The summed E-state index contributed by atoms with van der Waals surface area (Å²) in [6.45, 7) is 7.06. The summed E-state index contributed by atoms with van der Waals surface area (Å²) in [6, 6.07) is 4.32. The Balaban J connectivity index is 2.45. The Morgan fingerprint density at radius 3 is 2.31 bits per heavy atom. The molecule has 1 aliphatic heterocycles. The zero-order valence-electron chi connectivity index (χ0n) is 10.1. The summed E-state index contributed by atoms with van der Waals surface area (Å²) in [5.74, 6) is 0.0828. The number of rotatable bonds is 1. The SMILES string of the molecule is Cc1cc(C)c(C=C2CCNC2=O)c(C)c1. The lowest BCUT2D eigenvalue weighted by atomic mass is 9.97. The van der Waals surface area contributed by atoms with Gasteiger partial charge in [0.25, 0.3) is 0 Å². The number of carbonyl (C=O) groups excluding carboxylic acids is 1. The minimum absolute atomic E-state index is 0.0828. The van der Waals surface area contributed by atoms with Crippen molar-refractivity contribution in [2.24, 2.45) is 0 Å². The molecule has 1 aliphatic rings. The zero-order valence-corrected chi connectivity index (χ0v) is 10.1. The van der Waals surface area contributed by atoms with Gasteiger partial charge in [-0.1, -0.05) is 17.7 Å². The number of amides is 1. The van der Waals surface area contributed by atoms with E-state index in [4.69, 9.17) is 0 Å². The van der Waals surface area contributed by atoms with Crippen molar-refractivity contribution in [2.45, 2.75) is 27.2 Å². The van der Waals surface area contributed by atoms with Crippen molar-refractivity contribution in [3.05, 3.63) is 40.0 Å². The highest BCUT2D eigenvalue weighted by Crippen LogP contribution is 2.21. The molecule has 1 fully saturated rings. The summed E-state index contributed by atoms with van der Waals surface area (Å²) in [6.07, 6.45) is 2.87. The van der Waals surface area contributed by atoms with E-state index < -0.39 is 0 Å². The molecule has 1 N–H and O–H groups in total. The minimum Gasteiger partial charge on any atom is -0.352 e. The van der Waals surface area contributed by atoms with Crippen molar-refractivity contribution in [1.29, 1.82) is 0 Å². The Morgan fingerprint density at radius 2 is 1.81 bits per heavy atom. The van der Waals surface area contributed by atoms with Crippen molar-refractivity contribution >= 4 is 12.0 Å². The fourth-order valence-electron chi connectivity index (χ4n) is 2.27. The van der Waals surface area contributed by atoms with Crippen LogP contribution in [0.15, 0.2) is 17.7 Å². The molecule has 0 aromatic heterocycles. The monoisotopic (exact) mass is 215 g/mol. The van der Waals surface area contributed by atoms with Gasteiger partial charge in [0.15, 0.2) is 0 Å². The second-order valence-corrected chi connectivity index (χ2v) is 4.49. The summed E-state index contributed by atoms with van der Waals surface area (Å²) in [7, 11) is 0. The van der Waals surface area contributed by atoms with Crippen LogP contribution in [0.25, 0.3) is 6.08 Å². The highest BCUT2D eigenvalue weighted by molar-refractivity contribution is 6.00. The van der Waals surface area contributed by atoms with Gasteiger partial charge in [-0.05, 0) is 50.0 Å². The first-order chi connectivity index (χ1) is 7.58. The number of hydrogen-bond donors (Lipinski definition) is 1. The Kier molecular flexibility index (Phi) is 2.82. The first-order valence-corrected chi connectivity index (χ1v) is 5.64. The maximum Gasteiger partial charge on any atom is 0.247 e. The molecule has 0 aliphatic carbocycles. The Hall–Kier alpha value is -1.57. The second-order valence-electron chi connectivity index (χ2n) is 4.49. The molecule has 0 spiro atoms. The van der Waals surface area contributed by atoms with Crippen LogP contribution >= 0.6 is 0 Å². The van der Waals surface area contributed by atoms with Crippen molar-refractivity contribution in [2.75, 3.05) is 6.54 Å². The molecule has 1 saturated heterocycles. The Morgan fingerprint density at radius 1 is 1.19 bits per heavy atom. The molecule has 1 heterocycles. The molecule has 0 bridgehead atoms. The smallest absolute Gasteiger partial charge is 0.247 e. The van der Waals surface area contributed by atoms with Crippen LogP contribution in [0.3, 0.4) is 0 Å². The van der Waals surface area contributed by atoms with Gasteiger partial charge in [-0.2, -0.15) is 0 Å². The van der Waals surface area contributed by atoms with Gasteiger partial charge in [0.2, 0.25) is 5.91 Å². The van der Waals surface area contributed by atoms with Crippen LogP contribution < -0.4 is 5.32 Å². The number of nitrogens with one attached hydrogen (secondary N) is 1. The molecule has 1 aromatic rings. The molecule has 2 heteroatoms. The summed E-state index contributed by atoms with van der Waals surface area (Å²) in [5, 5.41) is 2.83. The van der Waals surface area contributed by atoms with E-state index in [-0.39, 0.29) is 5.91 Å². The van der Waals surface area contributed by atoms with Gasteiger partial charge < -0.3 is 5.32 Å². The fourth-order valence-corrected chi connectivity index (χ4v) is 2.27. The minimum atomic E-state index is 0.0828. The fraction of sp³-hybridized carbons (Fsp3) is 0.357. The van der Waals surface area contributed by atoms with E-state index in [1.807, 2.05) is 6.08 Å². The standard InChI is InChI=1S/C14H17NO/c1-9-6-10(2)13(11(3)7-9)8-12-4-5-15-14(12)16/h6-8H,4-5H2,1-3H3,(H,15,16). The predicted molar refractivity (Wildman–Crippen MR) is 66.3 cm³/mol. The molecule has 1 aromatic carbocycles. The summed E-state index contributed by atoms with van der Waals surface area (Å²) >= 11 is 0.